The molecule has 11 heteroatoms. The number of H-pyrrole nitrogens is 1. The van der Waals surface area contributed by atoms with Gasteiger partial charge in [-0.3, -0.25) is 19.7 Å². The molecule has 0 bridgehead atoms. The van der Waals surface area contributed by atoms with Gasteiger partial charge >= 0.3 is 0 Å². The number of aromatic amines is 1. The number of hydrogen-bond acceptors (Lipinski definition) is 8. The smallest absolute Gasteiger partial charge is 0.275 e. The summed E-state index contributed by atoms with van der Waals surface area (Å²) in [5.41, 5.74) is 1.19. The number of carbonyl (C=O) groups is 2. The fraction of sp³-hybridized carbons (Fsp3) is 0.250. The monoisotopic (exact) mass is 422 g/mol. The first kappa shape index (κ1) is 20.3. The molecule has 1 saturated heterocycles. The quantitative estimate of drug-likeness (QED) is 0.464. The molecule has 0 radical (unpaired) electrons. The highest BCUT2D eigenvalue weighted by Gasteiger charge is 2.18. The minimum atomic E-state index is -0.451. The van der Waals surface area contributed by atoms with E-state index in [1.165, 1.54) is 25.7 Å². The van der Waals surface area contributed by atoms with Gasteiger partial charge < -0.3 is 25.6 Å². The summed E-state index contributed by atoms with van der Waals surface area (Å²) >= 11 is 0. The van der Waals surface area contributed by atoms with E-state index in [0.29, 0.717) is 17.0 Å². The molecule has 160 valence electrons. The van der Waals surface area contributed by atoms with Crippen LogP contribution in [0, 0.1) is 0 Å². The minimum Gasteiger partial charge on any atom is -0.495 e. The highest BCUT2D eigenvalue weighted by atomic mass is 16.5. The standard InChI is InChI=1S/C20H22N8O3/c1-31-15-8-13(9-22-11-15)19(29)26-16-12-24-27-18(16)20(30)25-14-2-3-17(23-10-14)28-6-4-21-5-7-28/h2-3,8-12,21H,4-7H2,1H3,(H,24,27)(H,25,30)(H,26,29). The molecule has 1 aliphatic rings. The lowest BCUT2D eigenvalue weighted by Crippen LogP contribution is -2.43. The Morgan fingerprint density at radius 2 is 1.90 bits per heavy atom. The van der Waals surface area contributed by atoms with Crippen molar-refractivity contribution in [2.24, 2.45) is 0 Å². The van der Waals surface area contributed by atoms with Gasteiger partial charge in [-0.1, -0.05) is 0 Å². The van der Waals surface area contributed by atoms with Crippen LogP contribution in [0.25, 0.3) is 0 Å². The van der Waals surface area contributed by atoms with Gasteiger partial charge in [-0.25, -0.2) is 4.98 Å². The maximum atomic E-state index is 12.7. The predicted octanol–water partition coefficient (Wildman–Crippen LogP) is 1.12. The van der Waals surface area contributed by atoms with Crippen LogP contribution in [0.4, 0.5) is 17.2 Å². The van der Waals surface area contributed by atoms with Crippen LogP contribution >= 0.6 is 0 Å². The molecule has 0 saturated carbocycles. The van der Waals surface area contributed by atoms with Crippen molar-refractivity contribution in [3.63, 3.8) is 0 Å². The van der Waals surface area contributed by atoms with Crippen LogP contribution in [0.5, 0.6) is 5.75 Å². The number of piperazine rings is 1. The second kappa shape index (κ2) is 9.22. The van der Waals surface area contributed by atoms with E-state index in [2.05, 4.69) is 41.0 Å². The van der Waals surface area contributed by atoms with Crippen LogP contribution in [0.1, 0.15) is 20.8 Å². The minimum absolute atomic E-state index is 0.121. The zero-order chi connectivity index (χ0) is 21.6. The number of pyridine rings is 2. The van der Waals surface area contributed by atoms with Gasteiger partial charge in [-0.05, 0) is 18.2 Å². The van der Waals surface area contributed by atoms with Crippen molar-refractivity contribution in [2.75, 3.05) is 48.8 Å². The number of ether oxygens (including phenoxy) is 1. The maximum absolute atomic E-state index is 12.7. The van der Waals surface area contributed by atoms with Gasteiger partial charge in [0.1, 0.15) is 17.3 Å². The number of methoxy groups -OCH3 is 1. The largest absolute Gasteiger partial charge is 0.495 e. The third-order valence-electron chi connectivity index (χ3n) is 4.77. The lowest BCUT2D eigenvalue weighted by Gasteiger charge is -2.28. The summed E-state index contributed by atoms with van der Waals surface area (Å²) in [6, 6.07) is 5.21. The van der Waals surface area contributed by atoms with Gasteiger partial charge in [0, 0.05) is 32.4 Å². The number of carbonyl (C=O) groups excluding carboxylic acids is 2. The molecule has 4 rings (SSSR count). The molecule has 0 aliphatic carbocycles. The summed E-state index contributed by atoms with van der Waals surface area (Å²) in [6.07, 6.45) is 5.87. The average Bonchev–Trinajstić information content (AvgIpc) is 3.28. The Morgan fingerprint density at radius 3 is 2.65 bits per heavy atom. The molecule has 1 aliphatic heterocycles. The van der Waals surface area contributed by atoms with E-state index in [9.17, 15) is 9.59 Å². The van der Waals surface area contributed by atoms with Crippen molar-refractivity contribution >= 4 is 29.0 Å². The summed E-state index contributed by atoms with van der Waals surface area (Å²) in [5, 5.41) is 15.2. The van der Waals surface area contributed by atoms with Gasteiger partial charge in [0.2, 0.25) is 0 Å². The SMILES string of the molecule is COc1cncc(C(=O)Nc2cn[nH]c2C(=O)Nc2ccc(N3CCNCC3)nc2)c1. The molecule has 3 aromatic rings. The number of anilines is 3. The normalized spacial score (nSPS) is 13.5. The van der Waals surface area contributed by atoms with Crippen molar-refractivity contribution in [3.8, 4) is 5.75 Å². The van der Waals surface area contributed by atoms with Crippen LogP contribution in [-0.2, 0) is 0 Å². The van der Waals surface area contributed by atoms with Gasteiger partial charge in [-0.15, -0.1) is 0 Å². The van der Waals surface area contributed by atoms with Crippen molar-refractivity contribution in [1.29, 1.82) is 0 Å². The second-order valence-corrected chi connectivity index (χ2v) is 6.82. The fourth-order valence-corrected chi connectivity index (χ4v) is 3.14. The van der Waals surface area contributed by atoms with Gasteiger partial charge in [-0.2, -0.15) is 5.10 Å². The Labute approximate surface area is 178 Å². The van der Waals surface area contributed by atoms with Crippen LogP contribution in [0.15, 0.2) is 43.0 Å². The number of amides is 2. The molecule has 3 aromatic heterocycles. The third-order valence-corrected chi connectivity index (χ3v) is 4.77. The molecule has 0 unspecified atom stereocenters. The topological polar surface area (TPSA) is 137 Å². The molecular formula is C20H22N8O3. The molecule has 11 nitrogen and oxygen atoms in total. The fourth-order valence-electron chi connectivity index (χ4n) is 3.14. The first-order chi connectivity index (χ1) is 15.1. The molecule has 2 amide bonds. The summed E-state index contributed by atoms with van der Waals surface area (Å²) < 4.78 is 5.08. The highest BCUT2D eigenvalue weighted by Crippen LogP contribution is 2.19. The first-order valence-electron chi connectivity index (χ1n) is 9.71. The zero-order valence-electron chi connectivity index (χ0n) is 16.9. The Balaban J connectivity index is 1.42. The maximum Gasteiger partial charge on any atom is 0.275 e. The van der Waals surface area contributed by atoms with E-state index in [1.54, 1.807) is 18.3 Å². The van der Waals surface area contributed by atoms with Crippen LogP contribution < -0.4 is 25.6 Å². The van der Waals surface area contributed by atoms with E-state index in [0.717, 1.165) is 32.0 Å². The third kappa shape index (κ3) is 4.78. The van der Waals surface area contributed by atoms with E-state index in [-0.39, 0.29) is 11.4 Å². The number of hydrogen-bond donors (Lipinski definition) is 4. The van der Waals surface area contributed by atoms with Crippen molar-refractivity contribution in [3.05, 3.63) is 54.2 Å². The van der Waals surface area contributed by atoms with Crippen LogP contribution in [0.3, 0.4) is 0 Å². The Morgan fingerprint density at radius 1 is 1.06 bits per heavy atom. The number of nitrogens with one attached hydrogen (secondary N) is 4. The molecule has 4 heterocycles. The molecule has 31 heavy (non-hydrogen) atoms. The van der Waals surface area contributed by atoms with E-state index < -0.39 is 11.8 Å². The Kier molecular flexibility index (Phi) is 6.03. The van der Waals surface area contributed by atoms with E-state index in [4.69, 9.17) is 4.74 Å². The summed E-state index contributed by atoms with van der Waals surface area (Å²) in [5.74, 6) is 0.424. The van der Waals surface area contributed by atoms with Crippen LogP contribution in [-0.4, -0.2) is 65.3 Å². The second-order valence-electron chi connectivity index (χ2n) is 6.82. The summed E-state index contributed by atoms with van der Waals surface area (Å²) in [4.78, 5) is 35.8. The molecule has 1 fully saturated rings. The van der Waals surface area contributed by atoms with Gasteiger partial charge in [0.25, 0.3) is 11.8 Å². The van der Waals surface area contributed by atoms with E-state index >= 15 is 0 Å². The lowest BCUT2D eigenvalue weighted by atomic mass is 10.2. The number of aromatic nitrogens is 4. The van der Waals surface area contributed by atoms with Crippen LogP contribution in [0.2, 0.25) is 0 Å². The van der Waals surface area contributed by atoms with E-state index in [1.807, 2.05) is 6.07 Å². The number of rotatable bonds is 6. The zero-order valence-corrected chi connectivity index (χ0v) is 16.9. The first-order valence-corrected chi connectivity index (χ1v) is 9.71. The predicted molar refractivity (Wildman–Crippen MR) is 115 cm³/mol. The summed E-state index contributed by atoms with van der Waals surface area (Å²) in [7, 11) is 1.49. The lowest BCUT2D eigenvalue weighted by molar-refractivity contribution is 0.102. The Bertz CT molecular complexity index is 1060. The summed E-state index contributed by atoms with van der Waals surface area (Å²) in [6.45, 7) is 3.61. The molecule has 0 atom stereocenters. The van der Waals surface area contributed by atoms with Crippen molar-refractivity contribution in [2.45, 2.75) is 0 Å². The van der Waals surface area contributed by atoms with Gasteiger partial charge in [0.15, 0.2) is 0 Å². The molecule has 4 N–H and O–H groups in total. The molecule has 0 aromatic carbocycles. The van der Waals surface area contributed by atoms with Crippen molar-refractivity contribution < 1.29 is 14.3 Å². The highest BCUT2D eigenvalue weighted by molar-refractivity contribution is 6.11. The molecule has 0 spiro atoms. The molecular weight excluding hydrogens is 400 g/mol. The number of nitrogens with zero attached hydrogens (tertiary/aromatic N) is 4. The average molecular weight is 422 g/mol. The Hall–Kier alpha value is -3.99. The van der Waals surface area contributed by atoms with Gasteiger partial charge in [0.05, 0.1) is 42.6 Å². The van der Waals surface area contributed by atoms with Crippen molar-refractivity contribution in [1.82, 2.24) is 25.5 Å².